The third-order valence-corrected chi connectivity index (χ3v) is 6.95. The summed E-state index contributed by atoms with van der Waals surface area (Å²) in [6, 6.07) is 11.0. The molecule has 1 aliphatic heterocycles. The molecule has 1 fully saturated rings. The van der Waals surface area contributed by atoms with Gasteiger partial charge in [-0.1, -0.05) is 23.4 Å². The summed E-state index contributed by atoms with van der Waals surface area (Å²) < 4.78 is 28.6. The monoisotopic (exact) mass is 537 g/mol. The van der Waals surface area contributed by atoms with Gasteiger partial charge in [-0.25, -0.2) is 9.78 Å². The van der Waals surface area contributed by atoms with Crippen molar-refractivity contribution in [1.82, 2.24) is 28.6 Å². The minimum Gasteiger partial charge on any atom is -0.573 e. The van der Waals surface area contributed by atoms with Crippen LogP contribution in [0.25, 0.3) is 17.0 Å². The lowest BCUT2D eigenvalue weighted by molar-refractivity contribution is 0.0564. The molecule has 2 amide bonds. The fourth-order valence-electron chi connectivity index (χ4n) is 3.87. The van der Waals surface area contributed by atoms with Crippen LogP contribution in [0.1, 0.15) is 48.6 Å². The van der Waals surface area contributed by atoms with E-state index in [0.717, 1.165) is 5.56 Å². The number of ether oxygens (including phenoxy) is 1. The Morgan fingerprint density at radius 2 is 2.00 bits per heavy atom. The molecule has 3 aromatic heterocycles. The Hall–Kier alpha value is -3.94. The fourth-order valence-corrected chi connectivity index (χ4v) is 4.81. The van der Waals surface area contributed by atoms with Crippen LogP contribution in [0, 0.1) is 6.92 Å². The number of pyridine rings is 1. The van der Waals surface area contributed by atoms with Crippen molar-refractivity contribution < 1.29 is 23.4 Å². The molecule has 0 radical (unpaired) electrons. The Morgan fingerprint density at radius 1 is 1.21 bits per heavy atom. The van der Waals surface area contributed by atoms with Crippen molar-refractivity contribution in [2.45, 2.75) is 39.2 Å². The number of fused-ring (bicyclic) bond motifs is 1. The lowest BCUT2D eigenvalue weighted by atomic mass is 10.0. The Bertz CT molecular complexity index is 1490. The zero-order chi connectivity index (χ0) is 27.0. The normalized spacial score (nSPS) is 15.2. The molecular formula is C25H27N7O5S. The molecule has 1 unspecified atom stereocenters. The van der Waals surface area contributed by atoms with Crippen molar-refractivity contribution in [3.05, 3.63) is 65.9 Å². The second-order valence-corrected chi connectivity index (χ2v) is 11.1. The highest BCUT2D eigenvalue weighted by Gasteiger charge is 2.41. The van der Waals surface area contributed by atoms with E-state index in [4.69, 9.17) is 9.26 Å². The third kappa shape index (κ3) is 5.49. The van der Waals surface area contributed by atoms with Crippen LogP contribution in [-0.2, 0) is 16.3 Å². The van der Waals surface area contributed by atoms with Gasteiger partial charge in [-0.15, -0.1) is 9.03 Å². The Labute approximate surface area is 221 Å². The predicted molar refractivity (Wildman–Crippen MR) is 139 cm³/mol. The lowest BCUT2D eigenvalue weighted by Crippen LogP contribution is -2.54. The Morgan fingerprint density at radius 3 is 2.76 bits per heavy atom. The van der Waals surface area contributed by atoms with E-state index in [0.29, 0.717) is 47.4 Å². The molecule has 38 heavy (non-hydrogen) atoms. The molecule has 4 heterocycles. The number of aryl methyl sites for hydroxylation is 1. The van der Waals surface area contributed by atoms with Crippen molar-refractivity contribution in [2.75, 3.05) is 18.4 Å². The Balaban J connectivity index is 1.22. The average molecular weight is 538 g/mol. The van der Waals surface area contributed by atoms with Crippen LogP contribution in [0.2, 0.25) is 0 Å². The predicted octanol–water partition coefficient (Wildman–Crippen LogP) is 3.45. The van der Waals surface area contributed by atoms with E-state index < -0.39 is 23.2 Å². The minimum absolute atomic E-state index is 0.125. The zero-order valence-electron chi connectivity index (χ0n) is 21.3. The highest BCUT2D eigenvalue weighted by molar-refractivity contribution is 7.87. The van der Waals surface area contributed by atoms with Crippen molar-refractivity contribution in [1.29, 1.82) is 0 Å². The molecule has 12 nitrogen and oxygen atoms in total. The highest BCUT2D eigenvalue weighted by Crippen LogP contribution is 2.30. The van der Waals surface area contributed by atoms with Crippen LogP contribution >= 0.6 is 0 Å². The summed E-state index contributed by atoms with van der Waals surface area (Å²) in [5, 5.41) is 7.04. The SMILES string of the molecule is Cc1ccc(-c2noc(C3CN([S+]([O-])NC(=O)OC(C)(C)C)C3)n2)cc1NC(=O)c1cnc2ccccn12. The van der Waals surface area contributed by atoms with Gasteiger partial charge in [0, 0.05) is 17.4 Å². The van der Waals surface area contributed by atoms with Crippen LogP contribution in [0.4, 0.5) is 10.5 Å². The van der Waals surface area contributed by atoms with Gasteiger partial charge in [-0.3, -0.25) is 9.20 Å². The molecule has 0 aliphatic carbocycles. The van der Waals surface area contributed by atoms with Gasteiger partial charge >= 0.3 is 6.09 Å². The number of hydrogen-bond acceptors (Lipinski definition) is 9. The van der Waals surface area contributed by atoms with Crippen molar-refractivity contribution in [2.24, 2.45) is 0 Å². The maximum Gasteiger partial charge on any atom is 0.451 e. The molecule has 1 atom stereocenters. The molecule has 1 aliphatic rings. The number of aromatic nitrogens is 4. The molecule has 1 saturated heterocycles. The first-order chi connectivity index (χ1) is 18.1. The first kappa shape index (κ1) is 25.7. The topological polar surface area (TPSA) is 150 Å². The number of hydrogen-bond donors (Lipinski definition) is 2. The second-order valence-electron chi connectivity index (χ2n) is 9.91. The highest BCUT2D eigenvalue weighted by atomic mass is 32.2. The molecule has 0 saturated carbocycles. The average Bonchev–Trinajstić information content (AvgIpc) is 3.46. The van der Waals surface area contributed by atoms with Crippen LogP contribution in [-0.4, -0.2) is 59.1 Å². The summed E-state index contributed by atoms with van der Waals surface area (Å²) in [6.07, 6.45) is 2.57. The number of benzene rings is 1. The van der Waals surface area contributed by atoms with Gasteiger partial charge in [0.15, 0.2) is 11.5 Å². The maximum atomic E-state index is 13.0. The van der Waals surface area contributed by atoms with E-state index in [-0.39, 0.29) is 11.8 Å². The van der Waals surface area contributed by atoms with Gasteiger partial charge in [-0.05, 0) is 51.5 Å². The van der Waals surface area contributed by atoms with E-state index in [1.54, 1.807) is 41.7 Å². The molecule has 5 rings (SSSR count). The van der Waals surface area contributed by atoms with Crippen molar-refractivity contribution in [3.8, 4) is 11.4 Å². The van der Waals surface area contributed by atoms with E-state index in [2.05, 4.69) is 25.2 Å². The summed E-state index contributed by atoms with van der Waals surface area (Å²) in [5.74, 6) is 0.361. The van der Waals surface area contributed by atoms with Crippen LogP contribution in [0.15, 0.2) is 53.3 Å². The molecule has 1 aromatic carbocycles. The van der Waals surface area contributed by atoms with E-state index in [9.17, 15) is 14.1 Å². The second kappa shape index (κ2) is 10.1. The van der Waals surface area contributed by atoms with E-state index in [1.165, 1.54) is 6.20 Å². The number of carbonyl (C=O) groups excluding carboxylic acids is 2. The summed E-state index contributed by atoms with van der Waals surface area (Å²) in [7, 11) is 0. The van der Waals surface area contributed by atoms with Crippen LogP contribution in [0.3, 0.4) is 0 Å². The number of imidazole rings is 1. The van der Waals surface area contributed by atoms with Crippen LogP contribution in [0.5, 0.6) is 0 Å². The molecule has 13 heteroatoms. The minimum atomic E-state index is -1.73. The quantitative estimate of drug-likeness (QED) is 0.353. The molecular weight excluding hydrogens is 510 g/mol. The summed E-state index contributed by atoms with van der Waals surface area (Å²) in [4.78, 5) is 33.6. The molecule has 2 N–H and O–H groups in total. The number of rotatable bonds is 6. The number of carbonyl (C=O) groups is 2. The standard InChI is InChI=1S/C25H27N7O5S/c1-15-8-9-16(11-18(15)27-22(33)19-12-26-20-7-5-6-10-32(19)20)21-28-23(37-29-21)17-13-31(14-17)38(35)30-24(34)36-25(2,3)4/h5-12,17H,13-14H2,1-4H3,(H,27,33)(H,30,34). The number of anilines is 1. The largest absolute Gasteiger partial charge is 0.573 e. The van der Waals surface area contributed by atoms with Gasteiger partial charge in [-0.2, -0.15) is 4.98 Å². The maximum absolute atomic E-state index is 13.0. The number of amides is 2. The first-order valence-corrected chi connectivity index (χ1v) is 13.0. The lowest BCUT2D eigenvalue weighted by Gasteiger charge is -2.34. The Kier molecular flexibility index (Phi) is 6.82. The summed E-state index contributed by atoms with van der Waals surface area (Å²) in [5.41, 5.74) is 2.57. The van der Waals surface area contributed by atoms with Gasteiger partial charge < -0.3 is 19.1 Å². The number of nitrogens with zero attached hydrogens (tertiary/aromatic N) is 5. The fraction of sp³-hybridized carbons (Fsp3) is 0.320. The number of nitrogens with one attached hydrogen (secondary N) is 2. The van der Waals surface area contributed by atoms with E-state index in [1.807, 2.05) is 37.3 Å². The van der Waals surface area contributed by atoms with Gasteiger partial charge in [0.25, 0.3) is 5.91 Å². The summed E-state index contributed by atoms with van der Waals surface area (Å²) in [6.45, 7) is 7.83. The first-order valence-electron chi connectivity index (χ1n) is 11.9. The van der Waals surface area contributed by atoms with E-state index >= 15 is 0 Å². The molecule has 0 bridgehead atoms. The molecule has 0 spiro atoms. The summed E-state index contributed by atoms with van der Waals surface area (Å²) >= 11 is -1.73. The zero-order valence-corrected chi connectivity index (χ0v) is 22.1. The third-order valence-electron chi connectivity index (χ3n) is 5.84. The van der Waals surface area contributed by atoms with Crippen molar-refractivity contribution >= 4 is 34.9 Å². The molecule has 198 valence electrons. The van der Waals surface area contributed by atoms with Gasteiger partial charge in [0.1, 0.15) is 16.9 Å². The van der Waals surface area contributed by atoms with Gasteiger partial charge in [0.2, 0.25) is 11.7 Å². The van der Waals surface area contributed by atoms with Gasteiger partial charge in [0.05, 0.1) is 25.2 Å². The van der Waals surface area contributed by atoms with Crippen LogP contribution < -0.4 is 10.0 Å². The molecule has 4 aromatic rings. The van der Waals surface area contributed by atoms with Crippen molar-refractivity contribution in [3.63, 3.8) is 0 Å². The smallest absolute Gasteiger partial charge is 0.451 e.